The van der Waals surface area contributed by atoms with Crippen LogP contribution in [0.25, 0.3) is 0 Å². The van der Waals surface area contributed by atoms with Gasteiger partial charge in [-0.2, -0.15) is 0 Å². The zero-order valence-corrected chi connectivity index (χ0v) is 17.4. The van der Waals surface area contributed by atoms with Crippen LogP contribution in [0.15, 0.2) is 71.1 Å². The first-order chi connectivity index (χ1) is 14.0. The van der Waals surface area contributed by atoms with Crippen molar-refractivity contribution in [3.8, 4) is 5.75 Å². The van der Waals surface area contributed by atoms with Gasteiger partial charge in [0.25, 0.3) is 5.91 Å². The summed E-state index contributed by atoms with van der Waals surface area (Å²) in [4.78, 5) is 12.0. The van der Waals surface area contributed by atoms with Gasteiger partial charge in [0.1, 0.15) is 18.1 Å². The van der Waals surface area contributed by atoms with E-state index in [9.17, 15) is 4.79 Å². The summed E-state index contributed by atoms with van der Waals surface area (Å²) in [6.07, 6.45) is 2.00. The molecule has 0 radical (unpaired) electrons. The maximum Gasteiger partial charge on any atom is 0.286 e. The third-order valence-corrected chi connectivity index (χ3v) is 5.15. The Kier molecular flexibility index (Phi) is 6.76. The maximum atomic E-state index is 12.0. The van der Waals surface area contributed by atoms with E-state index in [1.165, 1.54) is 11.1 Å². The lowest BCUT2D eigenvalue weighted by Gasteiger charge is -2.26. The van der Waals surface area contributed by atoms with E-state index in [-0.39, 0.29) is 17.9 Å². The van der Waals surface area contributed by atoms with Gasteiger partial charge in [0.2, 0.25) is 0 Å². The summed E-state index contributed by atoms with van der Waals surface area (Å²) in [5.74, 6) is 1.53. The van der Waals surface area contributed by atoms with E-state index >= 15 is 0 Å². The first-order valence-corrected chi connectivity index (χ1v) is 10.2. The summed E-state index contributed by atoms with van der Waals surface area (Å²) < 4.78 is 11.4. The van der Waals surface area contributed by atoms with Crippen LogP contribution in [0.1, 0.15) is 61.1 Å². The number of hydrogen-bond acceptors (Lipinski definition) is 3. The quantitative estimate of drug-likeness (QED) is 0.475. The number of benzene rings is 2. The van der Waals surface area contributed by atoms with Gasteiger partial charge in [-0.1, -0.05) is 69.7 Å². The van der Waals surface area contributed by atoms with Crippen molar-refractivity contribution in [1.82, 2.24) is 5.32 Å². The van der Waals surface area contributed by atoms with E-state index < -0.39 is 0 Å². The van der Waals surface area contributed by atoms with Gasteiger partial charge in [-0.25, -0.2) is 0 Å². The molecule has 0 bridgehead atoms. The van der Waals surface area contributed by atoms with Gasteiger partial charge >= 0.3 is 0 Å². The molecule has 29 heavy (non-hydrogen) atoms. The van der Waals surface area contributed by atoms with Gasteiger partial charge in [-0.15, -0.1) is 0 Å². The Hall–Kier alpha value is -3.01. The lowest BCUT2D eigenvalue weighted by Crippen LogP contribution is -2.23. The van der Waals surface area contributed by atoms with Crippen LogP contribution in [-0.2, 0) is 12.0 Å². The molecule has 1 aromatic heterocycles. The average molecular weight is 392 g/mol. The number of rotatable bonds is 9. The molecule has 0 aliphatic carbocycles. The molecule has 4 nitrogen and oxygen atoms in total. The number of carbonyl (C=O) groups excluding carboxylic acids is 1. The Morgan fingerprint density at radius 2 is 1.66 bits per heavy atom. The van der Waals surface area contributed by atoms with Gasteiger partial charge in [-0.05, 0) is 41.8 Å². The summed E-state index contributed by atoms with van der Waals surface area (Å²) in [6, 6.07) is 22.1. The molecule has 3 aromatic rings. The molecule has 152 valence electrons. The van der Waals surface area contributed by atoms with Crippen LogP contribution < -0.4 is 10.1 Å². The monoisotopic (exact) mass is 391 g/mol. The minimum atomic E-state index is -0.183. The normalized spacial score (nSPS) is 11.3. The second-order valence-electron chi connectivity index (χ2n) is 7.68. The van der Waals surface area contributed by atoms with Crippen molar-refractivity contribution in [3.63, 3.8) is 0 Å². The fourth-order valence-electron chi connectivity index (χ4n) is 3.19. The van der Waals surface area contributed by atoms with Crippen molar-refractivity contribution >= 4 is 5.91 Å². The number of ether oxygens (including phenoxy) is 1. The smallest absolute Gasteiger partial charge is 0.286 e. The standard InChI is InChI=1S/C25H29NO3/c1-4-5-17-26-24(27)23-16-15-22(29-23)18-28-21-13-11-20(12-14-21)25(2,3)19-9-7-6-8-10-19/h6-16H,4-5,17-18H2,1-3H3,(H,26,27). The Morgan fingerprint density at radius 1 is 0.966 bits per heavy atom. The Morgan fingerprint density at radius 3 is 2.34 bits per heavy atom. The van der Waals surface area contributed by atoms with Crippen LogP contribution in [0.5, 0.6) is 5.75 Å². The number of hydrogen-bond donors (Lipinski definition) is 1. The highest BCUT2D eigenvalue weighted by Crippen LogP contribution is 2.32. The van der Waals surface area contributed by atoms with E-state index in [1.54, 1.807) is 12.1 Å². The summed E-state index contributed by atoms with van der Waals surface area (Å²) in [6.45, 7) is 7.46. The molecule has 0 atom stereocenters. The van der Waals surface area contributed by atoms with E-state index in [2.05, 4.69) is 62.5 Å². The van der Waals surface area contributed by atoms with E-state index in [1.807, 2.05) is 18.2 Å². The Bertz CT molecular complexity index is 911. The largest absolute Gasteiger partial charge is 0.486 e. The summed E-state index contributed by atoms with van der Waals surface area (Å²) in [5, 5.41) is 2.85. The molecule has 0 saturated heterocycles. The Labute approximate surface area is 172 Å². The zero-order chi connectivity index (χ0) is 20.7. The molecule has 2 aromatic carbocycles. The number of carbonyl (C=O) groups is 1. The minimum absolute atomic E-state index is 0.0825. The molecule has 0 aliphatic rings. The molecular weight excluding hydrogens is 362 g/mol. The van der Waals surface area contributed by atoms with Crippen molar-refractivity contribution in [2.24, 2.45) is 0 Å². The Balaban J connectivity index is 1.58. The van der Waals surface area contributed by atoms with Crippen LogP contribution in [0.3, 0.4) is 0 Å². The van der Waals surface area contributed by atoms with Crippen molar-refractivity contribution in [2.45, 2.75) is 45.6 Å². The fourth-order valence-corrected chi connectivity index (χ4v) is 3.19. The van der Waals surface area contributed by atoms with E-state index in [0.29, 0.717) is 18.1 Å². The third kappa shape index (κ3) is 5.29. The number of nitrogens with one attached hydrogen (secondary N) is 1. The second kappa shape index (κ2) is 9.46. The SMILES string of the molecule is CCCCNC(=O)c1ccc(COc2ccc(C(C)(C)c3ccccc3)cc2)o1. The fraction of sp³-hybridized carbons (Fsp3) is 0.320. The molecule has 4 heteroatoms. The maximum absolute atomic E-state index is 12.0. The van der Waals surface area contributed by atoms with Gasteiger partial charge in [0, 0.05) is 12.0 Å². The minimum Gasteiger partial charge on any atom is -0.486 e. The topological polar surface area (TPSA) is 51.5 Å². The van der Waals surface area contributed by atoms with Crippen LogP contribution in [-0.4, -0.2) is 12.5 Å². The van der Waals surface area contributed by atoms with Crippen molar-refractivity contribution in [1.29, 1.82) is 0 Å². The molecular formula is C25H29NO3. The molecule has 0 fully saturated rings. The third-order valence-electron chi connectivity index (χ3n) is 5.15. The average Bonchev–Trinajstić information content (AvgIpc) is 3.22. The van der Waals surface area contributed by atoms with Crippen molar-refractivity contribution in [3.05, 3.63) is 89.4 Å². The highest BCUT2D eigenvalue weighted by Gasteiger charge is 2.22. The summed E-state index contributed by atoms with van der Waals surface area (Å²) in [7, 11) is 0. The second-order valence-corrected chi connectivity index (χ2v) is 7.68. The van der Waals surface area contributed by atoms with Gasteiger partial charge in [-0.3, -0.25) is 4.79 Å². The van der Waals surface area contributed by atoms with E-state index in [0.717, 1.165) is 18.6 Å². The predicted molar refractivity (Wildman–Crippen MR) is 115 cm³/mol. The molecule has 0 spiro atoms. The molecule has 3 rings (SSSR count). The van der Waals surface area contributed by atoms with Crippen LogP contribution in [0.2, 0.25) is 0 Å². The lowest BCUT2D eigenvalue weighted by molar-refractivity contribution is 0.0921. The molecule has 0 unspecified atom stereocenters. The lowest BCUT2D eigenvalue weighted by atomic mass is 9.78. The number of unbranched alkanes of at least 4 members (excludes halogenated alkanes) is 1. The predicted octanol–water partition coefficient (Wildman–Crippen LogP) is 5.71. The highest BCUT2D eigenvalue weighted by molar-refractivity contribution is 5.91. The van der Waals surface area contributed by atoms with Gasteiger partial charge < -0.3 is 14.5 Å². The zero-order valence-electron chi connectivity index (χ0n) is 17.4. The molecule has 1 heterocycles. The van der Waals surface area contributed by atoms with Gasteiger partial charge in [0.05, 0.1) is 0 Å². The summed E-state index contributed by atoms with van der Waals surface area (Å²) in [5.41, 5.74) is 2.41. The first kappa shape index (κ1) is 20.7. The van der Waals surface area contributed by atoms with E-state index in [4.69, 9.17) is 9.15 Å². The van der Waals surface area contributed by atoms with Gasteiger partial charge in [0.15, 0.2) is 5.76 Å². The molecule has 0 aliphatic heterocycles. The summed E-state index contributed by atoms with van der Waals surface area (Å²) >= 11 is 0. The number of amides is 1. The van der Waals surface area contributed by atoms with Crippen molar-refractivity contribution in [2.75, 3.05) is 6.54 Å². The molecule has 1 amide bonds. The number of furan rings is 1. The first-order valence-electron chi connectivity index (χ1n) is 10.2. The van der Waals surface area contributed by atoms with Crippen LogP contribution >= 0.6 is 0 Å². The van der Waals surface area contributed by atoms with Crippen LogP contribution in [0, 0.1) is 0 Å². The van der Waals surface area contributed by atoms with Crippen LogP contribution in [0.4, 0.5) is 0 Å². The van der Waals surface area contributed by atoms with Crippen molar-refractivity contribution < 1.29 is 13.9 Å². The molecule has 0 saturated carbocycles. The highest BCUT2D eigenvalue weighted by atomic mass is 16.5. The molecule has 1 N–H and O–H groups in total.